The average Bonchev–Trinajstić information content (AvgIpc) is 2.44. The predicted octanol–water partition coefficient (Wildman–Crippen LogP) is 3.88. The Morgan fingerprint density at radius 1 is 1.29 bits per heavy atom. The van der Waals surface area contributed by atoms with Crippen LogP contribution < -0.4 is 0 Å². The summed E-state index contributed by atoms with van der Waals surface area (Å²) in [6.45, 7) is 8.04. The van der Waals surface area contributed by atoms with Crippen molar-refractivity contribution in [2.75, 3.05) is 6.61 Å². The van der Waals surface area contributed by atoms with Gasteiger partial charge in [0.15, 0.2) is 5.41 Å². The maximum Gasteiger partial charge on any atom is 0.323 e. The van der Waals surface area contributed by atoms with Gasteiger partial charge in [-0.3, -0.25) is 9.59 Å². The van der Waals surface area contributed by atoms with Gasteiger partial charge in [0, 0.05) is 0 Å². The predicted molar refractivity (Wildman–Crippen MR) is 81.9 cm³/mol. The van der Waals surface area contributed by atoms with Crippen LogP contribution in [-0.4, -0.2) is 23.7 Å². The molecule has 0 radical (unpaired) electrons. The fourth-order valence-electron chi connectivity index (χ4n) is 3.78. The molecule has 0 amide bonds. The summed E-state index contributed by atoms with van der Waals surface area (Å²) in [6.07, 6.45) is 5.21. The minimum absolute atomic E-state index is 0.102. The van der Waals surface area contributed by atoms with Crippen molar-refractivity contribution in [3.63, 3.8) is 0 Å². The number of esters is 1. The van der Waals surface area contributed by atoms with Crippen molar-refractivity contribution in [3.05, 3.63) is 0 Å². The van der Waals surface area contributed by atoms with Crippen molar-refractivity contribution in [1.82, 2.24) is 0 Å². The van der Waals surface area contributed by atoms with Gasteiger partial charge < -0.3 is 9.84 Å². The van der Waals surface area contributed by atoms with Gasteiger partial charge in [-0.1, -0.05) is 40.0 Å². The Balaban J connectivity index is 3.14. The second-order valence-electron chi connectivity index (χ2n) is 6.73. The molecule has 0 aliphatic heterocycles. The van der Waals surface area contributed by atoms with Gasteiger partial charge in [-0.15, -0.1) is 0 Å². The van der Waals surface area contributed by atoms with E-state index in [0.717, 1.165) is 32.1 Å². The van der Waals surface area contributed by atoms with Crippen LogP contribution in [0.1, 0.15) is 66.2 Å². The summed E-state index contributed by atoms with van der Waals surface area (Å²) in [5.74, 6) is -0.962. The van der Waals surface area contributed by atoms with Crippen LogP contribution in [0.5, 0.6) is 0 Å². The summed E-state index contributed by atoms with van der Waals surface area (Å²) in [6, 6.07) is 0. The minimum Gasteiger partial charge on any atom is -0.480 e. The minimum atomic E-state index is -1.36. The number of carboxylic acid groups (broad SMARTS) is 1. The van der Waals surface area contributed by atoms with E-state index in [4.69, 9.17) is 4.74 Å². The highest BCUT2D eigenvalue weighted by atomic mass is 16.5. The zero-order chi connectivity index (χ0) is 16.0. The van der Waals surface area contributed by atoms with Gasteiger partial charge in [0.25, 0.3) is 0 Å². The summed E-state index contributed by atoms with van der Waals surface area (Å²) in [7, 11) is 0. The summed E-state index contributed by atoms with van der Waals surface area (Å²) >= 11 is 0. The Hall–Kier alpha value is -1.06. The third kappa shape index (κ3) is 3.98. The van der Waals surface area contributed by atoms with Crippen LogP contribution in [0, 0.1) is 23.2 Å². The number of carbonyl (C=O) groups excluding carboxylic acids is 1. The first kappa shape index (κ1) is 18.0. The molecule has 4 heteroatoms. The summed E-state index contributed by atoms with van der Waals surface area (Å²) < 4.78 is 5.17. The fraction of sp³-hybridized carbons (Fsp3) is 0.882. The lowest BCUT2D eigenvalue weighted by Gasteiger charge is -2.40. The van der Waals surface area contributed by atoms with Crippen molar-refractivity contribution in [2.24, 2.45) is 23.2 Å². The normalized spacial score (nSPS) is 25.4. The third-order valence-electron chi connectivity index (χ3n) is 4.81. The van der Waals surface area contributed by atoms with Crippen molar-refractivity contribution in [1.29, 1.82) is 0 Å². The quantitative estimate of drug-likeness (QED) is 0.572. The molecule has 0 aromatic heterocycles. The number of hydrogen-bond acceptors (Lipinski definition) is 3. The molecule has 3 atom stereocenters. The highest BCUT2D eigenvalue weighted by Crippen LogP contribution is 2.46. The van der Waals surface area contributed by atoms with Crippen LogP contribution in [0.15, 0.2) is 0 Å². The number of carbonyl (C=O) groups is 2. The fourth-order valence-corrected chi connectivity index (χ4v) is 3.78. The Kier molecular flexibility index (Phi) is 6.69. The van der Waals surface area contributed by atoms with E-state index in [1.807, 2.05) is 13.8 Å². The van der Waals surface area contributed by atoms with Gasteiger partial charge >= 0.3 is 11.9 Å². The van der Waals surface area contributed by atoms with E-state index in [2.05, 4.69) is 6.92 Å². The second-order valence-corrected chi connectivity index (χ2v) is 6.73. The van der Waals surface area contributed by atoms with E-state index in [9.17, 15) is 14.7 Å². The van der Waals surface area contributed by atoms with Gasteiger partial charge in [-0.2, -0.15) is 0 Å². The molecule has 1 N–H and O–H groups in total. The van der Waals surface area contributed by atoms with E-state index in [1.54, 1.807) is 6.92 Å². The summed E-state index contributed by atoms with van der Waals surface area (Å²) in [5.41, 5.74) is -1.36. The molecular formula is C17H30O4. The molecule has 0 saturated heterocycles. The smallest absolute Gasteiger partial charge is 0.323 e. The maximum absolute atomic E-state index is 12.5. The maximum atomic E-state index is 12.5. The monoisotopic (exact) mass is 298 g/mol. The van der Waals surface area contributed by atoms with E-state index in [-0.39, 0.29) is 18.4 Å². The molecule has 0 heterocycles. The van der Waals surface area contributed by atoms with E-state index < -0.39 is 17.4 Å². The van der Waals surface area contributed by atoms with Gasteiger partial charge in [0.2, 0.25) is 0 Å². The van der Waals surface area contributed by atoms with Gasteiger partial charge in [-0.05, 0) is 43.9 Å². The van der Waals surface area contributed by atoms with Crippen LogP contribution in [0.4, 0.5) is 0 Å². The van der Waals surface area contributed by atoms with E-state index in [0.29, 0.717) is 12.3 Å². The number of carboxylic acids is 1. The molecule has 3 unspecified atom stereocenters. The Bertz CT molecular complexity index is 364. The number of rotatable bonds is 7. The highest BCUT2D eigenvalue weighted by Gasteiger charge is 2.54. The van der Waals surface area contributed by atoms with Gasteiger partial charge in [0.05, 0.1) is 6.61 Å². The van der Waals surface area contributed by atoms with Crippen molar-refractivity contribution < 1.29 is 19.4 Å². The Morgan fingerprint density at radius 3 is 2.43 bits per heavy atom. The molecule has 21 heavy (non-hydrogen) atoms. The molecule has 1 aliphatic rings. The first-order chi connectivity index (χ1) is 9.88. The number of hydrogen-bond donors (Lipinski definition) is 1. The lowest BCUT2D eigenvalue weighted by atomic mass is 9.62. The molecule has 4 nitrogen and oxygen atoms in total. The lowest BCUT2D eigenvalue weighted by Crippen LogP contribution is -2.49. The van der Waals surface area contributed by atoms with Gasteiger partial charge in [0.1, 0.15) is 0 Å². The van der Waals surface area contributed by atoms with Gasteiger partial charge in [-0.25, -0.2) is 0 Å². The standard InChI is InChI=1S/C17H30O4/c1-5-13-8-7-9-14(10-13)17(15(18)19,11-12(3)4)16(20)21-6-2/h12-14H,5-11H2,1-4H3,(H,18,19). The SMILES string of the molecule is CCOC(=O)C(CC(C)C)(C(=O)O)C1CCCC(CC)C1. The molecule has 1 saturated carbocycles. The molecule has 1 fully saturated rings. The molecule has 0 aromatic rings. The Labute approximate surface area is 128 Å². The molecular weight excluding hydrogens is 268 g/mol. The van der Waals surface area contributed by atoms with Crippen molar-refractivity contribution in [2.45, 2.75) is 66.2 Å². The summed E-state index contributed by atoms with van der Waals surface area (Å²) in [5, 5.41) is 9.88. The zero-order valence-electron chi connectivity index (χ0n) is 13.9. The highest BCUT2D eigenvalue weighted by molar-refractivity contribution is 5.99. The zero-order valence-corrected chi connectivity index (χ0v) is 13.9. The van der Waals surface area contributed by atoms with Crippen LogP contribution in [-0.2, 0) is 14.3 Å². The molecule has 0 bridgehead atoms. The lowest BCUT2D eigenvalue weighted by molar-refractivity contribution is -0.176. The van der Waals surface area contributed by atoms with Crippen molar-refractivity contribution in [3.8, 4) is 0 Å². The Morgan fingerprint density at radius 2 is 1.95 bits per heavy atom. The second kappa shape index (κ2) is 7.81. The van der Waals surface area contributed by atoms with E-state index >= 15 is 0 Å². The number of aliphatic carboxylic acids is 1. The van der Waals surface area contributed by atoms with Crippen LogP contribution in [0.25, 0.3) is 0 Å². The number of ether oxygens (including phenoxy) is 1. The average molecular weight is 298 g/mol. The van der Waals surface area contributed by atoms with Crippen LogP contribution in [0.2, 0.25) is 0 Å². The molecule has 1 rings (SSSR count). The molecule has 0 aromatic carbocycles. The van der Waals surface area contributed by atoms with Crippen LogP contribution >= 0.6 is 0 Å². The first-order valence-electron chi connectivity index (χ1n) is 8.29. The first-order valence-corrected chi connectivity index (χ1v) is 8.29. The van der Waals surface area contributed by atoms with Crippen molar-refractivity contribution >= 4 is 11.9 Å². The van der Waals surface area contributed by atoms with Crippen LogP contribution in [0.3, 0.4) is 0 Å². The third-order valence-corrected chi connectivity index (χ3v) is 4.81. The summed E-state index contributed by atoms with van der Waals surface area (Å²) in [4.78, 5) is 24.6. The van der Waals surface area contributed by atoms with E-state index in [1.165, 1.54) is 0 Å². The topological polar surface area (TPSA) is 63.6 Å². The molecule has 122 valence electrons. The molecule has 1 aliphatic carbocycles. The largest absolute Gasteiger partial charge is 0.480 e. The molecule has 0 spiro atoms.